The van der Waals surface area contributed by atoms with Crippen molar-refractivity contribution in [1.82, 2.24) is 10.2 Å². The number of aromatic nitrogens is 2. The molecular formula is C13H11ClF3N3O2. The van der Waals surface area contributed by atoms with E-state index in [-0.39, 0.29) is 17.3 Å². The summed E-state index contributed by atoms with van der Waals surface area (Å²) in [6.45, 7) is 0.0527. The molecule has 0 amide bonds. The molecule has 0 aliphatic carbocycles. The zero-order chi connectivity index (χ0) is 16.3. The molecule has 2 aromatic rings. The molecule has 1 aromatic heterocycles. The molecule has 1 heterocycles. The lowest BCUT2D eigenvalue weighted by Crippen LogP contribution is -2.23. The fourth-order valence-electron chi connectivity index (χ4n) is 1.84. The van der Waals surface area contributed by atoms with Gasteiger partial charge in [0.05, 0.1) is 11.9 Å². The van der Waals surface area contributed by atoms with Crippen LogP contribution in [-0.2, 0) is 6.54 Å². The second kappa shape index (κ2) is 6.27. The van der Waals surface area contributed by atoms with Gasteiger partial charge in [-0.3, -0.25) is 4.79 Å². The van der Waals surface area contributed by atoms with Crippen LogP contribution in [0.5, 0.6) is 5.75 Å². The average Bonchev–Trinajstić information content (AvgIpc) is 2.42. The Balaban J connectivity index is 2.27. The number of hydrogen-bond donors (Lipinski definition) is 1. The molecule has 0 radical (unpaired) electrons. The van der Waals surface area contributed by atoms with Gasteiger partial charge in [0.2, 0.25) is 0 Å². The van der Waals surface area contributed by atoms with Crippen molar-refractivity contribution in [2.45, 2.75) is 12.9 Å². The molecule has 2 rings (SSSR count). The Hall–Kier alpha value is -2.22. The maximum atomic E-state index is 12.4. The van der Waals surface area contributed by atoms with Crippen LogP contribution in [0.4, 0.5) is 18.9 Å². The molecule has 0 bridgehead atoms. The molecule has 0 atom stereocenters. The molecule has 1 N–H and O–H groups in total. The molecule has 22 heavy (non-hydrogen) atoms. The topological polar surface area (TPSA) is 58.2 Å². The van der Waals surface area contributed by atoms with Crippen molar-refractivity contribution >= 4 is 17.3 Å². The summed E-state index contributed by atoms with van der Waals surface area (Å²) in [6, 6.07) is 5.73. The molecule has 0 spiro atoms. The predicted octanol–water partition coefficient (Wildman–Crippen LogP) is 2.96. The Morgan fingerprint density at radius 3 is 2.73 bits per heavy atom. The lowest BCUT2D eigenvalue weighted by atomic mass is 10.2. The molecule has 118 valence electrons. The van der Waals surface area contributed by atoms with Gasteiger partial charge in [0.1, 0.15) is 10.8 Å². The Bertz CT molecular complexity index is 718. The molecule has 0 fully saturated rings. The zero-order valence-corrected chi connectivity index (χ0v) is 12.1. The third-order valence-electron chi connectivity index (χ3n) is 2.79. The Morgan fingerprint density at radius 1 is 1.36 bits per heavy atom. The minimum Gasteiger partial charge on any atom is -0.405 e. The molecule has 0 aliphatic rings. The summed E-state index contributed by atoms with van der Waals surface area (Å²) in [5, 5.41) is 5.69. The Kier molecular flexibility index (Phi) is 4.60. The molecular weight excluding hydrogens is 323 g/mol. The van der Waals surface area contributed by atoms with Gasteiger partial charge in [-0.25, -0.2) is 5.10 Å². The standard InChI is InChI=1S/C13H11ClF3N3O2/c1-20(9-6-18-19-12(21)11(9)14)7-8-4-2-3-5-10(8)22-13(15,16)17/h2-6H,7H2,1H3,(H,19,21). The summed E-state index contributed by atoms with van der Waals surface area (Å²) >= 11 is 5.86. The van der Waals surface area contributed by atoms with E-state index in [0.717, 1.165) is 0 Å². The highest BCUT2D eigenvalue weighted by molar-refractivity contribution is 6.32. The lowest BCUT2D eigenvalue weighted by Gasteiger charge is -2.21. The summed E-state index contributed by atoms with van der Waals surface area (Å²) in [6.07, 6.45) is -3.46. The average molecular weight is 334 g/mol. The zero-order valence-electron chi connectivity index (χ0n) is 11.3. The summed E-state index contributed by atoms with van der Waals surface area (Å²) < 4.78 is 41.1. The quantitative estimate of drug-likeness (QED) is 0.934. The monoisotopic (exact) mass is 333 g/mol. The van der Waals surface area contributed by atoms with Crippen molar-refractivity contribution in [3.8, 4) is 5.75 Å². The van der Waals surface area contributed by atoms with Crippen molar-refractivity contribution in [3.05, 3.63) is 51.4 Å². The van der Waals surface area contributed by atoms with E-state index in [1.165, 1.54) is 29.3 Å². The van der Waals surface area contributed by atoms with Gasteiger partial charge in [0, 0.05) is 19.2 Å². The van der Waals surface area contributed by atoms with Gasteiger partial charge in [0.15, 0.2) is 0 Å². The van der Waals surface area contributed by atoms with Crippen LogP contribution < -0.4 is 15.2 Å². The highest BCUT2D eigenvalue weighted by atomic mass is 35.5. The van der Waals surface area contributed by atoms with Crippen LogP contribution in [0.25, 0.3) is 0 Å². The number of anilines is 1. The molecule has 0 unspecified atom stereocenters. The van der Waals surface area contributed by atoms with E-state index in [0.29, 0.717) is 11.3 Å². The molecule has 1 aromatic carbocycles. The van der Waals surface area contributed by atoms with Crippen molar-refractivity contribution in [3.63, 3.8) is 0 Å². The number of H-pyrrole nitrogens is 1. The number of hydrogen-bond acceptors (Lipinski definition) is 4. The summed E-state index contributed by atoms with van der Waals surface area (Å²) in [5.41, 5.74) is 0.0109. The van der Waals surface area contributed by atoms with E-state index in [4.69, 9.17) is 11.6 Å². The number of aromatic amines is 1. The maximum absolute atomic E-state index is 12.4. The fraction of sp³-hybridized carbons (Fsp3) is 0.231. The highest BCUT2D eigenvalue weighted by Crippen LogP contribution is 2.28. The van der Waals surface area contributed by atoms with E-state index in [1.807, 2.05) is 0 Å². The van der Waals surface area contributed by atoms with Gasteiger partial charge < -0.3 is 9.64 Å². The number of ether oxygens (including phenoxy) is 1. The van der Waals surface area contributed by atoms with Gasteiger partial charge >= 0.3 is 6.36 Å². The third-order valence-corrected chi connectivity index (χ3v) is 3.16. The molecule has 9 heteroatoms. The van der Waals surface area contributed by atoms with Crippen LogP contribution in [0, 0.1) is 0 Å². The molecule has 5 nitrogen and oxygen atoms in total. The number of alkyl halides is 3. The Morgan fingerprint density at radius 2 is 2.05 bits per heavy atom. The highest BCUT2D eigenvalue weighted by Gasteiger charge is 2.32. The van der Waals surface area contributed by atoms with E-state index < -0.39 is 11.9 Å². The van der Waals surface area contributed by atoms with Crippen LogP contribution in [0.15, 0.2) is 35.3 Å². The van der Waals surface area contributed by atoms with E-state index >= 15 is 0 Å². The van der Waals surface area contributed by atoms with Gasteiger partial charge in [-0.2, -0.15) is 5.10 Å². The minimum atomic E-state index is -4.78. The van der Waals surface area contributed by atoms with Crippen molar-refractivity contribution in [2.75, 3.05) is 11.9 Å². The number of rotatable bonds is 4. The smallest absolute Gasteiger partial charge is 0.405 e. The van der Waals surface area contributed by atoms with Gasteiger partial charge in [-0.1, -0.05) is 29.8 Å². The normalized spacial score (nSPS) is 11.3. The van der Waals surface area contributed by atoms with Crippen LogP contribution in [-0.4, -0.2) is 23.6 Å². The van der Waals surface area contributed by atoms with E-state index in [1.54, 1.807) is 13.1 Å². The SMILES string of the molecule is CN(Cc1ccccc1OC(F)(F)F)c1cn[nH]c(=O)c1Cl. The molecule has 0 aliphatic heterocycles. The number of nitrogens with one attached hydrogen (secondary N) is 1. The first-order chi connectivity index (χ1) is 10.3. The first-order valence-electron chi connectivity index (χ1n) is 6.06. The van der Waals surface area contributed by atoms with Crippen molar-refractivity contribution in [1.29, 1.82) is 0 Å². The van der Waals surface area contributed by atoms with Crippen LogP contribution in [0.3, 0.4) is 0 Å². The van der Waals surface area contributed by atoms with Gasteiger partial charge in [0.25, 0.3) is 5.56 Å². The number of benzene rings is 1. The molecule has 0 saturated carbocycles. The summed E-state index contributed by atoms with van der Waals surface area (Å²) in [5.74, 6) is -0.309. The molecule has 0 saturated heterocycles. The maximum Gasteiger partial charge on any atom is 0.573 e. The largest absolute Gasteiger partial charge is 0.573 e. The van der Waals surface area contributed by atoms with Gasteiger partial charge in [-0.05, 0) is 6.07 Å². The minimum absolute atomic E-state index is 0.0527. The van der Waals surface area contributed by atoms with Crippen molar-refractivity contribution < 1.29 is 17.9 Å². The van der Waals surface area contributed by atoms with Crippen molar-refractivity contribution in [2.24, 2.45) is 0 Å². The number of nitrogens with zero attached hydrogens (tertiary/aromatic N) is 2. The van der Waals surface area contributed by atoms with E-state index in [9.17, 15) is 18.0 Å². The first-order valence-corrected chi connectivity index (χ1v) is 6.43. The lowest BCUT2D eigenvalue weighted by molar-refractivity contribution is -0.274. The second-order valence-electron chi connectivity index (χ2n) is 4.41. The first kappa shape index (κ1) is 16.2. The Labute approximate surface area is 128 Å². The second-order valence-corrected chi connectivity index (χ2v) is 4.79. The van der Waals surface area contributed by atoms with E-state index in [2.05, 4.69) is 14.9 Å². The van der Waals surface area contributed by atoms with Crippen LogP contribution >= 0.6 is 11.6 Å². The van der Waals surface area contributed by atoms with Gasteiger partial charge in [-0.15, -0.1) is 13.2 Å². The van der Waals surface area contributed by atoms with Crippen LogP contribution in [0.2, 0.25) is 5.02 Å². The summed E-state index contributed by atoms with van der Waals surface area (Å²) in [4.78, 5) is 12.9. The fourth-order valence-corrected chi connectivity index (χ4v) is 2.07. The third kappa shape index (κ3) is 3.91. The number of halogens is 4. The van der Waals surface area contributed by atoms with Crippen LogP contribution in [0.1, 0.15) is 5.56 Å². The number of para-hydroxylation sites is 1. The predicted molar refractivity (Wildman–Crippen MR) is 75.1 cm³/mol. The summed E-state index contributed by atoms with van der Waals surface area (Å²) in [7, 11) is 1.58.